The Morgan fingerprint density at radius 3 is 2.76 bits per heavy atom. The summed E-state index contributed by atoms with van der Waals surface area (Å²) in [5.41, 5.74) is 1.48. The van der Waals surface area contributed by atoms with Crippen LogP contribution in [0.15, 0.2) is 24.9 Å². The van der Waals surface area contributed by atoms with E-state index in [0.29, 0.717) is 13.1 Å². The van der Waals surface area contributed by atoms with Gasteiger partial charge in [-0.15, -0.1) is 0 Å². The van der Waals surface area contributed by atoms with Crippen molar-refractivity contribution in [2.75, 3.05) is 0 Å². The first-order chi connectivity index (χ1) is 9.83. The number of imidazole rings is 1. The van der Waals surface area contributed by atoms with Gasteiger partial charge in [-0.3, -0.25) is 4.68 Å². The second-order valence-corrected chi connectivity index (χ2v) is 5.89. The summed E-state index contributed by atoms with van der Waals surface area (Å²) < 4.78 is 8.93. The van der Waals surface area contributed by atoms with Gasteiger partial charge in [0.2, 0.25) is 0 Å². The average molecular weight is 291 g/mol. The smallest absolute Gasteiger partial charge is 0.407 e. The number of aromatic nitrogens is 4. The van der Waals surface area contributed by atoms with E-state index >= 15 is 0 Å². The van der Waals surface area contributed by atoms with Crippen molar-refractivity contribution in [1.29, 1.82) is 0 Å². The van der Waals surface area contributed by atoms with Gasteiger partial charge in [-0.1, -0.05) is 0 Å². The van der Waals surface area contributed by atoms with Gasteiger partial charge in [0.25, 0.3) is 0 Å². The third kappa shape index (κ3) is 4.62. The minimum Gasteiger partial charge on any atom is -0.444 e. The highest BCUT2D eigenvalue weighted by atomic mass is 16.6. The second kappa shape index (κ2) is 5.99. The number of alkyl carbamates (subject to hydrolysis) is 1. The summed E-state index contributed by atoms with van der Waals surface area (Å²) in [6.45, 7) is 6.53. The topological polar surface area (TPSA) is 74.0 Å². The van der Waals surface area contributed by atoms with Crippen LogP contribution in [0, 0.1) is 0 Å². The van der Waals surface area contributed by atoms with E-state index in [4.69, 9.17) is 4.74 Å². The lowest BCUT2D eigenvalue weighted by molar-refractivity contribution is 0.0522. The molecule has 0 saturated heterocycles. The Morgan fingerprint density at radius 2 is 2.14 bits per heavy atom. The second-order valence-electron chi connectivity index (χ2n) is 5.89. The van der Waals surface area contributed by atoms with Crippen molar-refractivity contribution in [3.8, 4) is 0 Å². The maximum absolute atomic E-state index is 11.7. The molecule has 2 aromatic heterocycles. The van der Waals surface area contributed by atoms with E-state index in [0.717, 1.165) is 11.3 Å². The molecule has 2 rings (SSSR count). The number of amides is 1. The fourth-order valence-electron chi connectivity index (χ4n) is 1.86. The van der Waals surface area contributed by atoms with Crippen LogP contribution in [-0.4, -0.2) is 31.0 Å². The van der Waals surface area contributed by atoms with Crippen LogP contribution in [-0.2, 0) is 24.9 Å². The molecule has 0 aliphatic carbocycles. The number of hydrogen-bond donors (Lipinski definition) is 1. The lowest BCUT2D eigenvalue weighted by Crippen LogP contribution is -2.32. The van der Waals surface area contributed by atoms with Gasteiger partial charge < -0.3 is 14.6 Å². The number of aryl methyl sites for hydroxylation is 1. The summed E-state index contributed by atoms with van der Waals surface area (Å²) in [7, 11) is 1.88. The minimum atomic E-state index is -0.500. The van der Waals surface area contributed by atoms with E-state index in [1.165, 1.54) is 0 Å². The SMILES string of the molecule is Cn1cc(Cn2cncc2CNC(=O)OC(C)(C)C)cn1. The number of hydrogen-bond acceptors (Lipinski definition) is 4. The van der Waals surface area contributed by atoms with Crippen molar-refractivity contribution in [2.24, 2.45) is 7.05 Å². The zero-order valence-corrected chi connectivity index (χ0v) is 12.8. The van der Waals surface area contributed by atoms with E-state index in [2.05, 4.69) is 15.4 Å². The normalized spacial score (nSPS) is 11.4. The van der Waals surface area contributed by atoms with Gasteiger partial charge in [-0.2, -0.15) is 5.10 Å². The molecule has 0 atom stereocenters. The number of rotatable bonds is 4. The standard InChI is InChI=1S/C14H21N5O2/c1-14(2,3)21-13(20)16-7-12-6-15-10-19(12)9-11-5-17-18(4)8-11/h5-6,8,10H,7,9H2,1-4H3,(H,16,20). The first-order valence-electron chi connectivity index (χ1n) is 6.77. The monoisotopic (exact) mass is 291 g/mol. The van der Waals surface area contributed by atoms with Crippen LogP contribution in [0.5, 0.6) is 0 Å². The molecule has 0 bridgehead atoms. The predicted molar refractivity (Wildman–Crippen MR) is 77.6 cm³/mol. The number of nitrogens with zero attached hydrogens (tertiary/aromatic N) is 4. The molecule has 2 heterocycles. The maximum atomic E-state index is 11.7. The average Bonchev–Trinajstić information content (AvgIpc) is 2.94. The highest BCUT2D eigenvalue weighted by Crippen LogP contribution is 2.08. The molecule has 1 amide bonds. The summed E-state index contributed by atoms with van der Waals surface area (Å²) in [5, 5.41) is 6.86. The molecule has 1 N–H and O–H groups in total. The number of carbonyl (C=O) groups is 1. The zero-order valence-electron chi connectivity index (χ0n) is 12.8. The Bertz CT molecular complexity index is 609. The van der Waals surface area contributed by atoms with E-state index in [9.17, 15) is 4.79 Å². The van der Waals surface area contributed by atoms with Gasteiger partial charge in [0.15, 0.2) is 0 Å². The van der Waals surface area contributed by atoms with Crippen molar-refractivity contribution in [1.82, 2.24) is 24.6 Å². The Kier molecular flexibility index (Phi) is 4.30. The highest BCUT2D eigenvalue weighted by Gasteiger charge is 2.16. The van der Waals surface area contributed by atoms with Gasteiger partial charge in [-0.05, 0) is 20.8 Å². The number of nitrogens with one attached hydrogen (secondary N) is 1. The third-order valence-electron chi connectivity index (χ3n) is 2.72. The molecule has 0 aliphatic rings. The Morgan fingerprint density at radius 1 is 1.38 bits per heavy atom. The van der Waals surface area contributed by atoms with Crippen LogP contribution in [0.3, 0.4) is 0 Å². The van der Waals surface area contributed by atoms with Crippen molar-refractivity contribution in [2.45, 2.75) is 39.5 Å². The Hall–Kier alpha value is -2.31. The van der Waals surface area contributed by atoms with Gasteiger partial charge in [-0.25, -0.2) is 9.78 Å². The van der Waals surface area contributed by atoms with Crippen molar-refractivity contribution in [3.05, 3.63) is 36.2 Å². The molecule has 21 heavy (non-hydrogen) atoms. The number of carbonyl (C=O) groups excluding carboxylic acids is 1. The van der Waals surface area contributed by atoms with E-state index in [1.807, 2.05) is 44.8 Å². The molecular weight excluding hydrogens is 270 g/mol. The molecule has 0 aliphatic heterocycles. The summed E-state index contributed by atoms with van der Waals surface area (Å²) in [5.74, 6) is 0. The van der Waals surface area contributed by atoms with E-state index in [-0.39, 0.29) is 0 Å². The molecule has 114 valence electrons. The third-order valence-corrected chi connectivity index (χ3v) is 2.72. The molecule has 7 nitrogen and oxygen atoms in total. The van der Waals surface area contributed by atoms with Gasteiger partial charge in [0.05, 0.1) is 31.3 Å². The van der Waals surface area contributed by atoms with Crippen LogP contribution in [0.4, 0.5) is 4.79 Å². The van der Waals surface area contributed by atoms with Gasteiger partial charge in [0, 0.05) is 25.0 Å². The number of ether oxygens (including phenoxy) is 1. The molecule has 2 aromatic rings. The summed E-state index contributed by atoms with van der Waals surface area (Å²) in [6, 6.07) is 0. The fourth-order valence-corrected chi connectivity index (χ4v) is 1.86. The van der Waals surface area contributed by atoms with Crippen LogP contribution < -0.4 is 5.32 Å². The van der Waals surface area contributed by atoms with Crippen molar-refractivity contribution < 1.29 is 9.53 Å². The van der Waals surface area contributed by atoms with Crippen molar-refractivity contribution >= 4 is 6.09 Å². The van der Waals surface area contributed by atoms with Crippen molar-refractivity contribution in [3.63, 3.8) is 0 Å². The van der Waals surface area contributed by atoms with Crippen LogP contribution >= 0.6 is 0 Å². The molecule has 7 heteroatoms. The largest absolute Gasteiger partial charge is 0.444 e. The molecule has 0 spiro atoms. The Balaban J connectivity index is 1.93. The summed E-state index contributed by atoms with van der Waals surface area (Å²) in [6.07, 6.45) is 6.79. The molecular formula is C14H21N5O2. The molecule has 0 unspecified atom stereocenters. The molecule has 0 radical (unpaired) electrons. The molecule has 0 saturated carbocycles. The van der Waals surface area contributed by atoms with Gasteiger partial charge in [0.1, 0.15) is 5.60 Å². The van der Waals surface area contributed by atoms with Crippen LogP contribution in [0.1, 0.15) is 32.0 Å². The first kappa shape index (κ1) is 15.1. The minimum absolute atomic E-state index is 0.370. The zero-order chi connectivity index (χ0) is 15.5. The van der Waals surface area contributed by atoms with Crippen LogP contribution in [0.25, 0.3) is 0 Å². The van der Waals surface area contributed by atoms with E-state index < -0.39 is 11.7 Å². The van der Waals surface area contributed by atoms with E-state index in [1.54, 1.807) is 17.2 Å². The lowest BCUT2D eigenvalue weighted by atomic mass is 10.2. The first-order valence-corrected chi connectivity index (χ1v) is 6.77. The van der Waals surface area contributed by atoms with Crippen LogP contribution in [0.2, 0.25) is 0 Å². The Labute approximate surface area is 123 Å². The molecule has 0 fully saturated rings. The predicted octanol–water partition coefficient (Wildman–Crippen LogP) is 1.69. The fraction of sp³-hybridized carbons (Fsp3) is 0.500. The summed E-state index contributed by atoms with van der Waals surface area (Å²) in [4.78, 5) is 15.8. The summed E-state index contributed by atoms with van der Waals surface area (Å²) >= 11 is 0. The van der Waals surface area contributed by atoms with Gasteiger partial charge >= 0.3 is 6.09 Å². The quantitative estimate of drug-likeness (QED) is 0.930. The highest BCUT2D eigenvalue weighted by molar-refractivity contribution is 5.67. The lowest BCUT2D eigenvalue weighted by Gasteiger charge is -2.19. The molecule has 0 aromatic carbocycles. The maximum Gasteiger partial charge on any atom is 0.407 e.